The van der Waals surface area contributed by atoms with Gasteiger partial charge >= 0.3 is 0 Å². The van der Waals surface area contributed by atoms with Crippen molar-refractivity contribution < 1.29 is 4.79 Å². The van der Waals surface area contributed by atoms with E-state index < -0.39 is 0 Å². The first-order valence-electron chi connectivity index (χ1n) is 8.10. The molecular formula is C17H22N6O. The molecule has 7 nitrogen and oxygen atoms in total. The van der Waals surface area contributed by atoms with Crippen LogP contribution >= 0.6 is 0 Å². The molecule has 126 valence electrons. The Bertz CT molecular complexity index is 912. The summed E-state index contributed by atoms with van der Waals surface area (Å²) in [7, 11) is 1.62. The maximum Gasteiger partial charge on any atom is 0.257 e. The van der Waals surface area contributed by atoms with Gasteiger partial charge in [-0.1, -0.05) is 13.8 Å². The normalized spacial score (nSPS) is 11.6. The van der Waals surface area contributed by atoms with Crippen LogP contribution in [-0.4, -0.2) is 38.6 Å². The molecule has 1 amide bonds. The first kappa shape index (κ1) is 16.2. The highest BCUT2D eigenvalue weighted by atomic mass is 16.1. The van der Waals surface area contributed by atoms with Gasteiger partial charge in [0.1, 0.15) is 17.0 Å². The fourth-order valence-electron chi connectivity index (χ4n) is 2.84. The Morgan fingerprint density at radius 1 is 1.17 bits per heavy atom. The van der Waals surface area contributed by atoms with Crippen molar-refractivity contribution in [3.8, 4) is 0 Å². The molecule has 0 fully saturated rings. The molecule has 0 unspecified atom stereocenters. The highest BCUT2D eigenvalue weighted by Gasteiger charge is 2.25. The van der Waals surface area contributed by atoms with Gasteiger partial charge in [0.15, 0.2) is 5.65 Å². The van der Waals surface area contributed by atoms with Crippen molar-refractivity contribution in [3.63, 3.8) is 0 Å². The van der Waals surface area contributed by atoms with Crippen LogP contribution in [0.2, 0.25) is 0 Å². The molecule has 3 heterocycles. The van der Waals surface area contributed by atoms with Gasteiger partial charge in [-0.15, -0.1) is 10.2 Å². The van der Waals surface area contributed by atoms with Crippen LogP contribution in [0.1, 0.15) is 49.8 Å². The molecule has 0 aliphatic carbocycles. The highest BCUT2D eigenvalue weighted by molar-refractivity contribution is 6.11. The molecule has 0 spiro atoms. The molecule has 0 saturated carbocycles. The second kappa shape index (κ2) is 6.07. The number of pyridine rings is 2. The average molecular weight is 326 g/mol. The first-order chi connectivity index (χ1) is 11.5. The number of carbonyl (C=O) groups excluding carboxylic acids is 1. The Kier molecular flexibility index (Phi) is 4.09. The molecule has 0 aromatic carbocycles. The lowest BCUT2D eigenvalue weighted by Gasteiger charge is -2.18. The Balaban J connectivity index is 2.52. The molecule has 3 rings (SSSR count). The number of amides is 1. The number of hydrogen-bond donors (Lipinski definition) is 2. The number of anilines is 1. The summed E-state index contributed by atoms with van der Waals surface area (Å²) in [4.78, 5) is 17.1. The molecule has 0 atom stereocenters. The van der Waals surface area contributed by atoms with Crippen LogP contribution in [0.25, 0.3) is 16.7 Å². The van der Waals surface area contributed by atoms with Gasteiger partial charge in [-0.25, -0.2) is 4.98 Å². The lowest BCUT2D eigenvalue weighted by Crippen LogP contribution is -2.23. The number of hydrogen-bond acceptors (Lipinski definition) is 5. The summed E-state index contributed by atoms with van der Waals surface area (Å²) in [6.45, 7) is 8.16. The van der Waals surface area contributed by atoms with Crippen LogP contribution in [0.15, 0.2) is 18.3 Å². The Labute approximate surface area is 140 Å². The van der Waals surface area contributed by atoms with Crippen molar-refractivity contribution in [2.45, 2.75) is 39.7 Å². The van der Waals surface area contributed by atoms with Gasteiger partial charge in [0.05, 0.1) is 5.69 Å². The fraction of sp³-hybridized carbons (Fsp3) is 0.412. The monoisotopic (exact) mass is 326 g/mol. The van der Waals surface area contributed by atoms with Crippen molar-refractivity contribution >= 4 is 28.3 Å². The van der Waals surface area contributed by atoms with Crippen LogP contribution < -0.4 is 10.6 Å². The lowest BCUT2D eigenvalue weighted by atomic mass is 10.1. The van der Waals surface area contributed by atoms with Crippen LogP contribution in [0, 0.1) is 0 Å². The first-order valence-corrected chi connectivity index (χ1v) is 8.10. The summed E-state index contributed by atoms with van der Waals surface area (Å²) in [5.74, 6) is 0.748. The van der Waals surface area contributed by atoms with E-state index in [-0.39, 0.29) is 17.9 Å². The van der Waals surface area contributed by atoms with E-state index >= 15 is 0 Å². The van der Waals surface area contributed by atoms with E-state index in [1.165, 1.54) is 0 Å². The molecule has 0 aliphatic heterocycles. The molecule has 24 heavy (non-hydrogen) atoms. The Morgan fingerprint density at radius 3 is 2.54 bits per heavy atom. The van der Waals surface area contributed by atoms with Gasteiger partial charge in [-0.3, -0.25) is 9.20 Å². The third-order valence-electron chi connectivity index (χ3n) is 3.83. The summed E-state index contributed by atoms with van der Waals surface area (Å²) in [5, 5.41) is 15.6. The van der Waals surface area contributed by atoms with Gasteiger partial charge in [-0.05, 0) is 26.0 Å². The number of fused-ring (bicyclic) bond motifs is 3. The van der Waals surface area contributed by atoms with Gasteiger partial charge in [0.25, 0.3) is 5.91 Å². The maximum atomic E-state index is 12.6. The van der Waals surface area contributed by atoms with Gasteiger partial charge in [0, 0.05) is 30.6 Å². The summed E-state index contributed by atoms with van der Waals surface area (Å²) in [6, 6.07) is 3.99. The zero-order valence-electron chi connectivity index (χ0n) is 14.6. The molecular weight excluding hydrogens is 304 g/mol. The smallest absolute Gasteiger partial charge is 0.257 e. The lowest BCUT2D eigenvalue weighted by molar-refractivity contribution is 0.0965. The third-order valence-corrected chi connectivity index (χ3v) is 3.83. The van der Waals surface area contributed by atoms with Crippen molar-refractivity contribution in [1.82, 2.24) is 24.9 Å². The van der Waals surface area contributed by atoms with E-state index in [2.05, 4.69) is 25.8 Å². The third kappa shape index (κ3) is 2.46. The maximum absolute atomic E-state index is 12.6. The summed E-state index contributed by atoms with van der Waals surface area (Å²) < 4.78 is 1.88. The minimum absolute atomic E-state index is 0.159. The van der Waals surface area contributed by atoms with Crippen LogP contribution in [0.4, 0.5) is 5.69 Å². The summed E-state index contributed by atoms with van der Waals surface area (Å²) in [5.41, 5.74) is 2.50. The molecule has 2 N–H and O–H groups in total. The van der Waals surface area contributed by atoms with Crippen molar-refractivity contribution in [1.29, 1.82) is 0 Å². The van der Waals surface area contributed by atoms with Crippen LogP contribution in [0.3, 0.4) is 0 Å². The van der Waals surface area contributed by atoms with Crippen LogP contribution in [-0.2, 0) is 0 Å². The Morgan fingerprint density at radius 2 is 1.92 bits per heavy atom. The van der Waals surface area contributed by atoms with E-state index in [0.29, 0.717) is 11.2 Å². The fourth-order valence-corrected chi connectivity index (χ4v) is 2.84. The van der Waals surface area contributed by atoms with Crippen molar-refractivity contribution in [2.75, 3.05) is 12.4 Å². The molecule has 7 heteroatoms. The largest absolute Gasteiger partial charge is 0.382 e. The van der Waals surface area contributed by atoms with E-state index in [4.69, 9.17) is 0 Å². The van der Waals surface area contributed by atoms with Crippen molar-refractivity contribution in [3.05, 3.63) is 29.7 Å². The summed E-state index contributed by atoms with van der Waals surface area (Å²) in [6.07, 6.45) is 1.74. The second-order valence-corrected chi connectivity index (χ2v) is 6.37. The van der Waals surface area contributed by atoms with E-state index in [1.54, 1.807) is 13.2 Å². The zero-order valence-corrected chi connectivity index (χ0v) is 14.6. The number of aromatic nitrogens is 4. The minimum Gasteiger partial charge on any atom is -0.382 e. The Hall–Kier alpha value is -2.70. The number of rotatable bonds is 4. The predicted octanol–water partition coefficient (Wildman–Crippen LogP) is 2.58. The predicted molar refractivity (Wildman–Crippen MR) is 94.5 cm³/mol. The molecule has 3 aromatic heterocycles. The SMILES string of the molecule is CNC(=O)c1c(NC(C)C)c2cccnc2n2c(C(C)C)nnc12. The zero-order chi connectivity index (χ0) is 17.4. The van der Waals surface area contributed by atoms with Crippen molar-refractivity contribution in [2.24, 2.45) is 0 Å². The highest BCUT2D eigenvalue weighted by Crippen LogP contribution is 2.32. The molecule has 3 aromatic rings. The van der Waals surface area contributed by atoms with Gasteiger partial charge in [-0.2, -0.15) is 0 Å². The van der Waals surface area contributed by atoms with Crippen LogP contribution in [0.5, 0.6) is 0 Å². The molecule has 0 bridgehead atoms. The molecule has 0 radical (unpaired) electrons. The average Bonchev–Trinajstić information content (AvgIpc) is 2.99. The quantitative estimate of drug-likeness (QED) is 0.770. The minimum atomic E-state index is -0.198. The summed E-state index contributed by atoms with van der Waals surface area (Å²) >= 11 is 0. The number of nitrogens with zero attached hydrogens (tertiary/aromatic N) is 4. The van der Waals surface area contributed by atoms with Gasteiger partial charge in [0.2, 0.25) is 0 Å². The molecule has 0 aliphatic rings. The van der Waals surface area contributed by atoms with E-state index in [1.807, 2.05) is 44.2 Å². The number of nitrogens with one attached hydrogen (secondary N) is 2. The number of carbonyl (C=O) groups is 1. The topological polar surface area (TPSA) is 84.2 Å². The van der Waals surface area contributed by atoms with E-state index in [9.17, 15) is 4.79 Å². The van der Waals surface area contributed by atoms with Gasteiger partial charge < -0.3 is 10.6 Å². The standard InChI is InChI=1S/C17H22N6O/c1-9(2)14-21-22-16-12(17(24)18-5)13(20-10(3)4)11-7-6-8-19-15(11)23(14)16/h6-10,20H,1-5H3,(H,18,24). The molecule has 0 saturated heterocycles. The second-order valence-electron chi connectivity index (χ2n) is 6.37. The van der Waals surface area contributed by atoms with E-state index in [0.717, 1.165) is 22.5 Å².